The Morgan fingerprint density at radius 3 is 2.32 bits per heavy atom. The number of aryl methyl sites for hydroxylation is 1. The van der Waals surface area contributed by atoms with Crippen molar-refractivity contribution in [1.82, 2.24) is 20.5 Å². The van der Waals surface area contributed by atoms with Crippen LogP contribution in [-0.2, 0) is 14.4 Å². The zero-order chi connectivity index (χ0) is 27.8. The molecule has 206 valence electrons. The first kappa shape index (κ1) is 28.2. The van der Waals surface area contributed by atoms with E-state index in [4.69, 9.17) is 0 Å². The van der Waals surface area contributed by atoms with Gasteiger partial charge in [-0.05, 0) is 55.1 Å². The van der Waals surface area contributed by atoms with Crippen LogP contribution in [0.15, 0.2) is 29.8 Å². The van der Waals surface area contributed by atoms with E-state index in [1.165, 1.54) is 0 Å². The van der Waals surface area contributed by atoms with Gasteiger partial charge in [0.1, 0.15) is 12.1 Å². The van der Waals surface area contributed by atoms with Gasteiger partial charge in [0.2, 0.25) is 11.8 Å². The monoisotopic (exact) mass is 542 g/mol. The zero-order valence-electron chi connectivity index (χ0n) is 23.1. The second kappa shape index (κ2) is 10.8. The van der Waals surface area contributed by atoms with Crippen molar-refractivity contribution in [2.24, 2.45) is 11.3 Å². The van der Waals surface area contributed by atoms with E-state index >= 15 is 0 Å². The highest BCUT2D eigenvalue weighted by Gasteiger charge is 2.53. The van der Waals surface area contributed by atoms with Crippen molar-refractivity contribution in [3.8, 4) is 10.4 Å². The molecule has 2 N–H and O–H groups in total. The van der Waals surface area contributed by atoms with Crippen LogP contribution >= 0.6 is 11.3 Å². The second-order valence-corrected chi connectivity index (χ2v) is 12.9. The smallest absolute Gasteiger partial charge is 0.258 e. The molecule has 38 heavy (non-hydrogen) atoms. The molecule has 0 bridgehead atoms. The largest absolute Gasteiger partial charge is 0.347 e. The van der Waals surface area contributed by atoms with E-state index in [0.29, 0.717) is 19.4 Å². The zero-order valence-corrected chi connectivity index (χ0v) is 24.0. The van der Waals surface area contributed by atoms with Crippen LogP contribution in [-0.4, -0.2) is 51.9 Å². The molecule has 2 aromatic rings. The lowest BCUT2D eigenvalue weighted by Gasteiger charge is -2.36. The van der Waals surface area contributed by atoms with Crippen LogP contribution in [0, 0.1) is 18.3 Å². The van der Waals surface area contributed by atoms with E-state index in [0.717, 1.165) is 21.7 Å². The molecular formula is C29H39FN4O3S. The van der Waals surface area contributed by atoms with Crippen molar-refractivity contribution in [3.05, 3.63) is 41.0 Å². The second-order valence-electron chi connectivity index (χ2n) is 12.0. The van der Waals surface area contributed by atoms with E-state index in [2.05, 4.69) is 41.6 Å². The van der Waals surface area contributed by atoms with Crippen LogP contribution in [0.1, 0.15) is 77.6 Å². The van der Waals surface area contributed by atoms with Gasteiger partial charge >= 0.3 is 0 Å². The summed E-state index contributed by atoms with van der Waals surface area (Å²) in [6.45, 7) is 12.0. The summed E-state index contributed by atoms with van der Waals surface area (Å²) in [7, 11) is 0. The fourth-order valence-corrected chi connectivity index (χ4v) is 5.83. The number of hydrogen-bond donors (Lipinski definition) is 2. The quantitative estimate of drug-likeness (QED) is 0.494. The van der Waals surface area contributed by atoms with Crippen molar-refractivity contribution in [2.75, 3.05) is 6.54 Å². The maximum absolute atomic E-state index is 14.4. The highest BCUT2D eigenvalue weighted by atomic mass is 32.1. The summed E-state index contributed by atoms with van der Waals surface area (Å²) in [6, 6.07) is 6.40. The lowest BCUT2D eigenvalue weighted by atomic mass is 9.85. The molecule has 3 atom stereocenters. The molecule has 1 aromatic heterocycles. The maximum Gasteiger partial charge on any atom is 0.258 e. The Balaban J connectivity index is 1.49. The molecule has 1 aliphatic carbocycles. The number of nitrogens with one attached hydrogen (secondary N) is 2. The molecule has 4 rings (SSSR count). The Hall–Kier alpha value is -2.81. The Morgan fingerprint density at radius 2 is 1.79 bits per heavy atom. The number of alkyl halides is 1. The van der Waals surface area contributed by atoms with Crippen LogP contribution in [0.2, 0.25) is 0 Å². The Morgan fingerprint density at radius 1 is 1.13 bits per heavy atom. The average molecular weight is 543 g/mol. The third kappa shape index (κ3) is 5.92. The summed E-state index contributed by atoms with van der Waals surface area (Å²) in [5.74, 6) is -1.15. The lowest BCUT2D eigenvalue weighted by Crippen LogP contribution is -2.59. The van der Waals surface area contributed by atoms with Gasteiger partial charge in [-0.15, -0.1) is 11.3 Å². The van der Waals surface area contributed by atoms with Crippen LogP contribution in [0.25, 0.3) is 10.4 Å². The molecular weight excluding hydrogens is 503 g/mol. The van der Waals surface area contributed by atoms with Crippen molar-refractivity contribution in [2.45, 2.75) is 91.0 Å². The summed E-state index contributed by atoms with van der Waals surface area (Å²) < 4.78 is 14.4. The van der Waals surface area contributed by atoms with Gasteiger partial charge in [0.05, 0.1) is 22.1 Å². The molecule has 0 unspecified atom stereocenters. The topological polar surface area (TPSA) is 91.4 Å². The molecule has 2 heterocycles. The summed E-state index contributed by atoms with van der Waals surface area (Å²) in [5.41, 5.74) is 2.40. The number of aromatic nitrogens is 1. The van der Waals surface area contributed by atoms with Crippen LogP contribution < -0.4 is 10.6 Å². The summed E-state index contributed by atoms with van der Waals surface area (Å²) in [5, 5.41) is 5.85. The number of hydrogen-bond acceptors (Lipinski definition) is 5. The number of halogens is 1. The molecule has 3 amide bonds. The molecule has 0 radical (unpaired) electrons. The Kier molecular flexibility index (Phi) is 7.98. The molecule has 1 saturated carbocycles. The first-order valence-electron chi connectivity index (χ1n) is 13.4. The standard InChI is InChI=1S/C29H39FN4O3S/c1-17(2)22(19-9-11-20(12-10-19)23-18(3)31-16-38-23)32-25(35)21-8-7-15-34(21)26(36)24(28(4,5)6)33-27(37)29(30)13-14-29/h9-12,16-17,21-22,24H,7-8,13-15H2,1-6H3,(H,32,35)(H,33,37)/t21-,22-,24+/m0/s1. The normalized spacial score (nSPS) is 20.2. The van der Waals surface area contributed by atoms with E-state index < -0.39 is 29.1 Å². The van der Waals surface area contributed by atoms with Crippen molar-refractivity contribution in [1.29, 1.82) is 0 Å². The van der Waals surface area contributed by atoms with Gasteiger partial charge in [0, 0.05) is 6.54 Å². The predicted molar refractivity (Wildman–Crippen MR) is 147 cm³/mol. The first-order valence-corrected chi connectivity index (χ1v) is 14.3. The number of benzene rings is 1. The summed E-state index contributed by atoms with van der Waals surface area (Å²) in [4.78, 5) is 46.7. The van der Waals surface area contributed by atoms with Gasteiger partial charge < -0.3 is 15.5 Å². The van der Waals surface area contributed by atoms with E-state index in [1.54, 1.807) is 16.2 Å². The minimum absolute atomic E-state index is 0.126. The van der Waals surface area contributed by atoms with Gasteiger partial charge in [-0.25, -0.2) is 9.37 Å². The van der Waals surface area contributed by atoms with E-state index in [9.17, 15) is 18.8 Å². The number of carbonyl (C=O) groups is 3. The minimum atomic E-state index is -1.87. The summed E-state index contributed by atoms with van der Waals surface area (Å²) >= 11 is 1.60. The van der Waals surface area contributed by atoms with Gasteiger partial charge in [-0.1, -0.05) is 58.9 Å². The Bertz CT molecular complexity index is 1180. The highest BCUT2D eigenvalue weighted by molar-refractivity contribution is 7.13. The number of likely N-dealkylation sites (tertiary alicyclic amines) is 1. The van der Waals surface area contributed by atoms with Crippen LogP contribution in [0.3, 0.4) is 0 Å². The van der Waals surface area contributed by atoms with Gasteiger partial charge in [-0.3, -0.25) is 14.4 Å². The molecule has 1 aliphatic heterocycles. The molecule has 2 fully saturated rings. The van der Waals surface area contributed by atoms with Crippen LogP contribution in [0.5, 0.6) is 0 Å². The SMILES string of the molecule is Cc1ncsc1-c1ccc([C@@H](NC(=O)[C@@H]2CCCN2C(=O)[C@@H](NC(=O)C2(F)CC2)C(C)(C)C)C(C)C)cc1. The number of rotatable bonds is 8. The number of amides is 3. The van der Waals surface area contributed by atoms with Crippen molar-refractivity contribution >= 4 is 29.1 Å². The number of carbonyl (C=O) groups excluding carboxylic acids is 3. The van der Waals surface area contributed by atoms with Gasteiger partial charge in [0.25, 0.3) is 5.91 Å². The third-order valence-corrected chi connectivity index (χ3v) is 8.54. The molecule has 9 heteroatoms. The fraction of sp³-hybridized carbons (Fsp3) is 0.586. The molecule has 0 spiro atoms. The average Bonchev–Trinajstić information content (AvgIpc) is 3.23. The molecule has 7 nitrogen and oxygen atoms in total. The first-order chi connectivity index (χ1) is 17.8. The van der Waals surface area contributed by atoms with Gasteiger partial charge in [-0.2, -0.15) is 0 Å². The van der Waals surface area contributed by atoms with Crippen molar-refractivity contribution < 1.29 is 18.8 Å². The fourth-order valence-electron chi connectivity index (χ4n) is 5.02. The van der Waals surface area contributed by atoms with E-state index in [1.807, 2.05) is 45.3 Å². The highest BCUT2D eigenvalue weighted by Crippen LogP contribution is 2.40. The maximum atomic E-state index is 14.4. The predicted octanol–water partition coefficient (Wildman–Crippen LogP) is 4.96. The number of nitrogens with zero attached hydrogens (tertiary/aromatic N) is 2. The van der Waals surface area contributed by atoms with Gasteiger partial charge in [0.15, 0.2) is 5.67 Å². The minimum Gasteiger partial charge on any atom is -0.347 e. The summed E-state index contributed by atoms with van der Waals surface area (Å²) in [6.07, 6.45) is 1.60. The van der Waals surface area contributed by atoms with Crippen molar-refractivity contribution in [3.63, 3.8) is 0 Å². The van der Waals surface area contributed by atoms with Crippen LogP contribution in [0.4, 0.5) is 4.39 Å². The molecule has 1 aromatic carbocycles. The third-order valence-electron chi connectivity index (χ3n) is 7.56. The van der Waals surface area contributed by atoms with E-state index in [-0.39, 0.29) is 36.6 Å². The molecule has 1 saturated heterocycles. The lowest BCUT2D eigenvalue weighted by molar-refractivity contribution is -0.145. The number of thiazole rings is 1. The molecule has 2 aliphatic rings. The Labute approximate surface area is 228 Å².